The van der Waals surface area contributed by atoms with Crippen LogP contribution in [0.1, 0.15) is 11.1 Å². The number of fused-ring (bicyclic) bond motifs is 3. The van der Waals surface area contributed by atoms with E-state index in [1.54, 1.807) is 0 Å². The Bertz CT molecular complexity index is 548. The molecular weight excluding hydrogens is 286 g/mol. The van der Waals surface area contributed by atoms with E-state index in [4.69, 9.17) is 0 Å². The van der Waals surface area contributed by atoms with Crippen molar-refractivity contribution < 1.29 is 0 Å². The van der Waals surface area contributed by atoms with E-state index in [0.29, 0.717) is 6.04 Å². The molecule has 4 rings (SSSR count). The Morgan fingerprint density at radius 2 is 2.00 bits per heavy atom. The maximum absolute atomic E-state index is 4.46. The van der Waals surface area contributed by atoms with Crippen LogP contribution in [-0.4, -0.2) is 80.1 Å². The number of hydrogen-bond donors (Lipinski definition) is 1. The quantitative estimate of drug-likeness (QED) is 0.664. The smallest absolute Gasteiger partial charge is 0.193 e. The molecule has 3 saturated heterocycles. The highest BCUT2D eigenvalue weighted by Crippen LogP contribution is 2.15. The molecule has 2 bridgehead atoms. The van der Waals surface area contributed by atoms with Gasteiger partial charge >= 0.3 is 0 Å². The molecule has 3 aliphatic heterocycles. The van der Waals surface area contributed by atoms with Crippen molar-refractivity contribution in [2.24, 2.45) is 4.99 Å². The molecule has 1 N–H and O–H groups in total. The second-order valence-corrected chi connectivity index (χ2v) is 6.70. The van der Waals surface area contributed by atoms with E-state index in [1.165, 1.54) is 43.9 Å². The summed E-state index contributed by atoms with van der Waals surface area (Å²) in [6.45, 7) is 10.1. The summed E-state index contributed by atoms with van der Waals surface area (Å²) >= 11 is 0. The number of aliphatic imine (C=N–C) groups is 1. The van der Waals surface area contributed by atoms with Crippen LogP contribution >= 0.6 is 0 Å². The van der Waals surface area contributed by atoms with Gasteiger partial charge in [0.25, 0.3) is 0 Å². The summed E-state index contributed by atoms with van der Waals surface area (Å²) in [6.07, 6.45) is 0. The molecule has 0 radical (unpaired) electrons. The Hall–Kier alpha value is -1.59. The van der Waals surface area contributed by atoms with Crippen LogP contribution in [0.15, 0.2) is 29.3 Å². The molecule has 3 aliphatic rings. The zero-order valence-corrected chi connectivity index (χ0v) is 14.6. The lowest BCUT2D eigenvalue weighted by Crippen LogP contribution is -2.63. The molecule has 1 aromatic carbocycles. The number of aryl methyl sites for hydroxylation is 1. The fourth-order valence-corrected chi connectivity index (χ4v) is 3.63. The monoisotopic (exact) mass is 315 g/mol. The van der Waals surface area contributed by atoms with Crippen molar-refractivity contribution in [1.29, 1.82) is 0 Å². The number of nitrogens with zero attached hydrogens (tertiary/aromatic N) is 4. The minimum Gasteiger partial charge on any atom is -0.355 e. The first kappa shape index (κ1) is 16.3. The minimum atomic E-state index is 0.612. The Kier molecular flexibility index (Phi) is 5.18. The molecule has 5 heteroatoms. The van der Waals surface area contributed by atoms with Crippen molar-refractivity contribution in [1.82, 2.24) is 20.0 Å². The molecule has 0 saturated carbocycles. The predicted molar refractivity (Wildman–Crippen MR) is 95.8 cm³/mol. The largest absolute Gasteiger partial charge is 0.355 e. The summed E-state index contributed by atoms with van der Waals surface area (Å²) in [6, 6.07) is 9.17. The molecule has 0 spiro atoms. The van der Waals surface area contributed by atoms with Crippen LogP contribution in [-0.2, 0) is 6.54 Å². The van der Waals surface area contributed by atoms with E-state index in [2.05, 4.69) is 63.2 Å². The van der Waals surface area contributed by atoms with Crippen molar-refractivity contribution in [3.05, 3.63) is 35.4 Å². The molecule has 5 nitrogen and oxygen atoms in total. The normalized spacial score (nSPS) is 27.1. The lowest BCUT2D eigenvalue weighted by atomic mass is 10.1. The summed E-state index contributed by atoms with van der Waals surface area (Å²) in [7, 11) is 3.98. The second kappa shape index (κ2) is 7.32. The zero-order valence-electron chi connectivity index (χ0n) is 14.6. The van der Waals surface area contributed by atoms with Gasteiger partial charge in [0.15, 0.2) is 5.96 Å². The second-order valence-electron chi connectivity index (χ2n) is 6.70. The van der Waals surface area contributed by atoms with E-state index in [0.717, 1.165) is 19.0 Å². The standard InChI is InChI=1S/C18H29N5/c1-15-6-4-5-7-16(15)13-21(3)18(19-2)20-12-17-14-22-8-10-23(17)11-9-22/h4-7,17H,8-14H2,1-3H3,(H,19,20). The summed E-state index contributed by atoms with van der Waals surface area (Å²) in [5.74, 6) is 0.978. The minimum absolute atomic E-state index is 0.612. The van der Waals surface area contributed by atoms with Gasteiger partial charge < -0.3 is 10.2 Å². The summed E-state index contributed by atoms with van der Waals surface area (Å²) in [5.41, 5.74) is 2.68. The third-order valence-corrected chi connectivity index (χ3v) is 5.13. The van der Waals surface area contributed by atoms with E-state index in [1.807, 2.05) is 7.05 Å². The molecule has 0 aromatic heterocycles. The molecule has 1 unspecified atom stereocenters. The van der Waals surface area contributed by atoms with Gasteiger partial charge in [0.05, 0.1) is 0 Å². The Morgan fingerprint density at radius 3 is 2.61 bits per heavy atom. The van der Waals surface area contributed by atoms with Gasteiger partial charge in [-0.1, -0.05) is 24.3 Å². The van der Waals surface area contributed by atoms with Crippen LogP contribution in [0.5, 0.6) is 0 Å². The van der Waals surface area contributed by atoms with Gasteiger partial charge in [0, 0.05) is 66.0 Å². The van der Waals surface area contributed by atoms with Crippen LogP contribution in [0.2, 0.25) is 0 Å². The maximum Gasteiger partial charge on any atom is 0.193 e. The molecule has 1 aromatic rings. The van der Waals surface area contributed by atoms with Gasteiger partial charge in [-0.2, -0.15) is 0 Å². The first-order valence-corrected chi connectivity index (χ1v) is 8.60. The summed E-state index contributed by atoms with van der Waals surface area (Å²) in [5, 5.41) is 3.57. The van der Waals surface area contributed by atoms with Gasteiger partial charge in [-0.15, -0.1) is 0 Å². The molecule has 3 fully saturated rings. The fraction of sp³-hybridized carbons (Fsp3) is 0.611. The molecule has 23 heavy (non-hydrogen) atoms. The molecule has 1 atom stereocenters. The third kappa shape index (κ3) is 3.85. The lowest BCUT2D eigenvalue weighted by Gasteiger charge is -2.47. The average molecular weight is 315 g/mol. The predicted octanol–water partition coefficient (Wildman–Crippen LogP) is 1.00. The first-order chi connectivity index (χ1) is 11.2. The van der Waals surface area contributed by atoms with Gasteiger partial charge in [-0.3, -0.25) is 14.8 Å². The Morgan fingerprint density at radius 1 is 1.26 bits per heavy atom. The van der Waals surface area contributed by atoms with Crippen LogP contribution in [0.4, 0.5) is 0 Å². The van der Waals surface area contributed by atoms with Crippen LogP contribution in [0.25, 0.3) is 0 Å². The number of guanidine groups is 1. The number of nitrogens with one attached hydrogen (secondary N) is 1. The molecule has 0 amide bonds. The van der Waals surface area contributed by atoms with Crippen molar-refractivity contribution in [3.63, 3.8) is 0 Å². The lowest BCUT2D eigenvalue weighted by molar-refractivity contribution is 0.0152. The number of hydrogen-bond acceptors (Lipinski definition) is 3. The zero-order chi connectivity index (χ0) is 16.2. The Balaban J connectivity index is 1.54. The van der Waals surface area contributed by atoms with Crippen LogP contribution < -0.4 is 5.32 Å². The van der Waals surface area contributed by atoms with Crippen molar-refractivity contribution in [2.75, 3.05) is 53.4 Å². The molecule has 0 aliphatic carbocycles. The fourth-order valence-electron chi connectivity index (χ4n) is 3.63. The molecule has 126 valence electrons. The van der Waals surface area contributed by atoms with Gasteiger partial charge in [-0.25, -0.2) is 0 Å². The van der Waals surface area contributed by atoms with Crippen LogP contribution in [0.3, 0.4) is 0 Å². The number of piperazine rings is 3. The maximum atomic E-state index is 4.46. The van der Waals surface area contributed by atoms with Crippen LogP contribution in [0, 0.1) is 6.92 Å². The van der Waals surface area contributed by atoms with E-state index in [-0.39, 0.29) is 0 Å². The summed E-state index contributed by atoms with van der Waals surface area (Å²) in [4.78, 5) is 11.9. The highest BCUT2D eigenvalue weighted by Gasteiger charge is 2.31. The highest BCUT2D eigenvalue weighted by atomic mass is 15.4. The van der Waals surface area contributed by atoms with Gasteiger partial charge in [0.2, 0.25) is 0 Å². The number of benzene rings is 1. The SMILES string of the molecule is CN=C(NCC1CN2CCN1CC2)N(C)Cc1ccccc1C. The van der Waals surface area contributed by atoms with Crippen molar-refractivity contribution >= 4 is 5.96 Å². The van der Waals surface area contributed by atoms with E-state index in [9.17, 15) is 0 Å². The van der Waals surface area contributed by atoms with E-state index >= 15 is 0 Å². The van der Waals surface area contributed by atoms with Crippen molar-refractivity contribution in [3.8, 4) is 0 Å². The average Bonchev–Trinajstić information content (AvgIpc) is 2.58. The highest BCUT2D eigenvalue weighted by molar-refractivity contribution is 5.79. The van der Waals surface area contributed by atoms with Gasteiger partial charge in [-0.05, 0) is 18.1 Å². The Labute approximate surface area is 140 Å². The molecule has 3 heterocycles. The first-order valence-electron chi connectivity index (χ1n) is 8.60. The topological polar surface area (TPSA) is 34.1 Å². The molecular formula is C18H29N5. The third-order valence-electron chi connectivity index (χ3n) is 5.13. The summed E-state index contributed by atoms with van der Waals surface area (Å²) < 4.78 is 0. The van der Waals surface area contributed by atoms with Gasteiger partial charge in [0.1, 0.15) is 0 Å². The van der Waals surface area contributed by atoms with E-state index < -0.39 is 0 Å². The van der Waals surface area contributed by atoms with Crippen molar-refractivity contribution in [2.45, 2.75) is 19.5 Å². The number of rotatable bonds is 4.